The number of urea groups is 1. The van der Waals surface area contributed by atoms with E-state index < -0.39 is 6.03 Å². The van der Waals surface area contributed by atoms with Crippen molar-refractivity contribution in [1.82, 2.24) is 5.32 Å². The first kappa shape index (κ1) is 15.6. The second kappa shape index (κ2) is 6.76. The van der Waals surface area contributed by atoms with E-state index in [4.69, 9.17) is 5.73 Å². The second-order valence-corrected chi connectivity index (χ2v) is 5.12. The van der Waals surface area contributed by atoms with Gasteiger partial charge in [0.15, 0.2) is 0 Å². The Kier molecular flexibility index (Phi) is 4.78. The third-order valence-corrected chi connectivity index (χ3v) is 3.52. The first-order valence-electron chi connectivity index (χ1n) is 6.97. The maximum absolute atomic E-state index is 12.2. The number of rotatable bonds is 4. The molecule has 3 amide bonds. The van der Waals surface area contributed by atoms with Crippen molar-refractivity contribution in [3.63, 3.8) is 0 Å². The molecule has 0 saturated heterocycles. The third kappa shape index (κ3) is 3.85. The Morgan fingerprint density at radius 2 is 1.73 bits per heavy atom. The van der Waals surface area contributed by atoms with Crippen molar-refractivity contribution in [3.8, 4) is 0 Å². The molecule has 22 heavy (non-hydrogen) atoms. The molecule has 0 aliphatic rings. The normalized spacial score (nSPS) is 10.1. The highest BCUT2D eigenvalue weighted by molar-refractivity contribution is 5.95. The maximum Gasteiger partial charge on any atom is 0.316 e. The summed E-state index contributed by atoms with van der Waals surface area (Å²) < 4.78 is 0. The lowest BCUT2D eigenvalue weighted by Crippen LogP contribution is -2.24. The zero-order valence-electron chi connectivity index (χ0n) is 12.6. The molecule has 2 aromatic carbocycles. The molecule has 5 heteroatoms. The number of hydrogen-bond donors (Lipinski definition) is 3. The number of primary amides is 1. The minimum absolute atomic E-state index is 0.0967. The number of anilines is 1. The average molecular weight is 297 g/mol. The fourth-order valence-electron chi connectivity index (χ4n) is 2.12. The lowest BCUT2D eigenvalue weighted by atomic mass is 10.0. The third-order valence-electron chi connectivity index (χ3n) is 3.52. The van der Waals surface area contributed by atoms with Gasteiger partial charge in [0.05, 0.1) is 0 Å². The smallest absolute Gasteiger partial charge is 0.316 e. The summed E-state index contributed by atoms with van der Waals surface area (Å²) in [5.41, 5.74) is 9.37. The van der Waals surface area contributed by atoms with Gasteiger partial charge in [-0.3, -0.25) is 4.79 Å². The van der Waals surface area contributed by atoms with Gasteiger partial charge in [0.2, 0.25) is 0 Å². The van der Waals surface area contributed by atoms with Crippen LogP contribution in [0.2, 0.25) is 0 Å². The largest absolute Gasteiger partial charge is 0.351 e. The molecular formula is C17H19N3O2. The quantitative estimate of drug-likeness (QED) is 0.810. The summed E-state index contributed by atoms with van der Waals surface area (Å²) >= 11 is 0. The zero-order valence-corrected chi connectivity index (χ0v) is 12.6. The van der Waals surface area contributed by atoms with Crippen LogP contribution in [0.15, 0.2) is 42.5 Å². The standard InChI is InChI=1S/C17H19N3O2/c1-11-4-3-5-15(12(11)2)16(21)19-10-13-6-8-14(9-7-13)20-17(18)22/h3-9H,10H2,1-2H3,(H,19,21)(H3,18,20,22). The Labute approximate surface area is 129 Å². The van der Waals surface area contributed by atoms with E-state index in [2.05, 4.69) is 10.6 Å². The summed E-state index contributed by atoms with van der Waals surface area (Å²) in [7, 11) is 0. The number of carbonyl (C=O) groups excluding carboxylic acids is 2. The van der Waals surface area contributed by atoms with E-state index >= 15 is 0 Å². The van der Waals surface area contributed by atoms with Gasteiger partial charge in [0.1, 0.15) is 0 Å². The highest BCUT2D eigenvalue weighted by Crippen LogP contribution is 2.13. The van der Waals surface area contributed by atoms with E-state index in [0.29, 0.717) is 17.8 Å². The number of amides is 3. The van der Waals surface area contributed by atoms with Crippen LogP contribution in [-0.4, -0.2) is 11.9 Å². The lowest BCUT2D eigenvalue weighted by Gasteiger charge is -2.10. The van der Waals surface area contributed by atoms with Crippen LogP contribution in [0.3, 0.4) is 0 Å². The Hall–Kier alpha value is -2.82. The summed E-state index contributed by atoms with van der Waals surface area (Å²) in [6, 6.07) is 12.2. The number of benzene rings is 2. The van der Waals surface area contributed by atoms with Gasteiger partial charge in [-0.05, 0) is 48.7 Å². The first-order chi connectivity index (χ1) is 10.5. The van der Waals surface area contributed by atoms with E-state index in [1.807, 2.05) is 44.2 Å². The SMILES string of the molecule is Cc1cccc(C(=O)NCc2ccc(NC(N)=O)cc2)c1C. The summed E-state index contributed by atoms with van der Waals surface area (Å²) in [4.78, 5) is 23.0. The summed E-state index contributed by atoms with van der Waals surface area (Å²) in [5.74, 6) is -0.0967. The number of nitrogens with one attached hydrogen (secondary N) is 2. The Bertz CT molecular complexity index is 694. The van der Waals surface area contributed by atoms with Crippen molar-refractivity contribution >= 4 is 17.6 Å². The molecule has 5 nitrogen and oxygen atoms in total. The van der Waals surface area contributed by atoms with Crippen molar-refractivity contribution in [2.75, 3.05) is 5.32 Å². The molecule has 2 aromatic rings. The highest BCUT2D eigenvalue weighted by atomic mass is 16.2. The molecule has 0 aromatic heterocycles. The van der Waals surface area contributed by atoms with Crippen molar-refractivity contribution in [2.45, 2.75) is 20.4 Å². The van der Waals surface area contributed by atoms with Crippen LogP contribution in [0.4, 0.5) is 10.5 Å². The van der Waals surface area contributed by atoms with Gasteiger partial charge >= 0.3 is 6.03 Å². The molecule has 0 atom stereocenters. The van der Waals surface area contributed by atoms with Gasteiger partial charge in [-0.1, -0.05) is 24.3 Å². The van der Waals surface area contributed by atoms with Gasteiger partial charge in [-0.15, -0.1) is 0 Å². The Morgan fingerprint density at radius 3 is 2.36 bits per heavy atom. The van der Waals surface area contributed by atoms with Crippen molar-refractivity contribution in [1.29, 1.82) is 0 Å². The molecule has 0 unspecified atom stereocenters. The van der Waals surface area contributed by atoms with Crippen LogP contribution in [0.25, 0.3) is 0 Å². The number of carbonyl (C=O) groups is 2. The summed E-state index contributed by atoms with van der Waals surface area (Å²) in [6.45, 7) is 4.34. The Morgan fingerprint density at radius 1 is 1.05 bits per heavy atom. The zero-order chi connectivity index (χ0) is 16.1. The Balaban J connectivity index is 1.99. The molecule has 2 rings (SSSR count). The van der Waals surface area contributed by atoms with Crippen LogP contribution in [0.5, 0.6) is 0 Å². The molecule has 0 fully saturated rings. The van der Waals surface area contributed by atoms with Crippen LogP contribution in [0.1, 0.15) is 27.0 Å². The van der Waals surface area contributed by atoms with E-state index in [9.17, 15) is 9.59 Å². The second-order valence-electron chi connectivity index (χ2n) is 5.12. The maximum atomic E-state index is 12.2. The van der Waals surface area contributed by atoms with Gasteiger partial charge in [-0.2, -0.15) is 0 Å². The van der Waals surface area contributed by atoms with E-state index in [1.165, 1.54) is 0 Å². The van der Waals surface area contributed by atoms with Gasteiger partial charge in [-0.25, -0.2) is 4.79 Å². The molecule has 0 spiro atoms. The van der Waals surface area contributed by atoms with Crippen molar-refractivity contribution in [2.24, 2.45) is 5.73 Å². The minimum atomic E-state index is -0.601. The van der Waals surface area contributed by atoms with Gasteiger partial charge in [0.25, 0.3) is 5.91 Å². The predicted molar refractivity (Wildman–Crippen MR) is 86.7 cm³/mol. The van der Waals surface area contributed by atoms with Crippen molar-refractivity contribution < 1.29 is 9.59 Å². The highest BCUT2D eigenvalue weighted by Gasteiger charge is 2.09. The van der Waals surface area contributed by atoms with E-state index in [-0.39, 0.29) is 5.91 Å². The molecule has 0 saturated carbocycles. The van der Waals surface area contributed by atoms with E-state index in [0.717, 1.165) is 16.7 Å². The van der Waals surface area contributed by atoms with Crippen LogP contribution in [-0.2, 0) is 6.54 Å². The monoisotopic (exact) mass is 297 g/mol. The number of nitrogens with two attached hydrogens (primary N) is 1. The first-order valence-corrected chi connectivity index (χ1v) is 6.97. The summed E-state index contributed by atoms with van der Waals surface area (Å²) in [6.07, 6.45) is 0. The van der Waals surface area contributed by atoms with Gasteiger partial charge in [0, 0.05) is 17.8 Å². The molecule has 0 bridgehead atoms. The molecule has 0 heterocycles. The predicted octanol–water partition coefficient (Wildman–Crippen LogP) is 2.72. The fourth-order valence-corrected chi connectivity index (χ4v) is 2.12. The molecular weight excluding hydrogens is 278 g/mol. The van der Waals surface area contributed by atoms with Crippen LogP contribution < -0.4 is 16.4 Å². The molecule has 4 N–H and O–H groups in total. The molecule has 0 radical (unpaired) electrons. The molecule has 0 aliphatic heterocycles. The van der Waals surface area contributed by atoms with Crippen LogP contribution in [0, 0.1) is 13.8 Å². The number of aryl methyl sites for hydroxylation is 1. The topological polar surface area (TPSA) is 84.2 Å². The van der Waals surface area contributed by atoms with E-state index in [1.54, 1.807) is 12.1 Å². The van der Waals surface area contributed by atoms with Crippen molar-refractivity contribution in [3.05, 3.63) is 64.7 Å². The van der Waals surface area contributed by atoms with Gasteiger partial charge < -0.3 is 16.4 Å². The summed E-state index contributed by atoms with van der Waals surface area (Å²) in [5, 5.41) is 5.38. The average Bonchev–Trinajstić information content (AvgIpc) is 2.48. The number of hydrogen-bond acceptors (Lipinski definition) is 2. The lowest BCUT2D eigenvalue weighted by molar-refractivity contribution is 0.0950. The fraction of sp³-hybridized carbons (Fsp3) is 0.176. The minimum Gasteiger partial charge on any atom is -0.351 e. The molecule has 0 aliphatic carbocycles. The molecule has 114 valence electrons. The van der Waals surface area contributed by atoms with Crippen LogP contribution >= 0.6 is 0 Å².